The molecule has 0 unspecified atom stereocenters. The highest BCUT2D eigenvalue weighted by Gasteiger charge is 2.06. The molecule has 0 radical (unpaired) electrons. The van der Waals surface area contributed by atoms with Crippen LogP contribution in [0.3, 0.4) is 0 Å². The molecule has 0 atom stereocenters. The highest BCUT2D eigenvalue weighted by molar-refractivity contribution is 9.10. The van der Waals surface area contributed by atoms with Crippen molar-refractivity contribution in [3.63, 3.8) is 0 Å². The SMILES string of the molecule is O=C(O)c1cc(COc2ccc(F)c(Br)c2)ccn1. The number of aromatic nitrogens is 1. The number of aromatic carboxylic acids is 1. The number of nitrogens with zero attached hydrogens (tertiary/aromatic N) is 1. The first-order valence-electron chi connectivity index (χ1n) is 5.32. The summed E-state index contributed by atoms with van der Waals surface area (Å²) in [4.78, 5) is 14.5. The van der Waals surface area contributed by atoms with Gasteiger partial charge >= 0.3 is 5.97 Å². The molecule has 0 amide bonds. The molecule has 19 heavy (non-hydrogen) atoms. The van der Waals surface area contributed by atoms with E-state index in [2.05, 4.69) is 20.9 Å². The van der Waals surface area contributed by atoms with Crippen LogP contribution in [0.1, 0.15) is 16.1 Å². The van der Waals surface area contributed by atoms with Crippen molar-refractivity contribution in [1.82, 2.24) is 4.98 Å². The van der Waals surface area contributed by atoms with Gasteiger partial charge in [-0.2, -0.15) is 0 Å². The fourth-order valence-electron chi connectivity index (χ4n) is 1.41. The predicted molar refractivity (Wildman–Crippen MR) is 69.6 cm³/mol. The van der Waals surface area contributed by atoms with Crippen molar-refractivity contribution in [2.24, 2.45) is 0 Å². The van der Waals surface area contributed by atoms with E-state index in [0.717, 1.165) is 0 Å². The number of benzene rings is 1. The Labute approximate surface area is 117 Å². The first-order chi connectivity index (χ1) is 9.06. The number of carboxylic acids is 1. The Morgan fingerprint density at radius 1 is 1.37 bits per heavy atom. The summed E-state index contributed by atoms with van der Waals surface area (Å²) >= 11 is 3.06. The van der Waals surface area contributed by atoms with Crippen LogP contribution in [0.15, 0.2) is 41.0 Å². The molecule has 0 saturated carbocycles. The molecular weight excluding hydrogens is 317 g/mol. The van der Waals surface area contributed by atoms with Gasteiger partial charge in [-0.1, -0.05) is 0 Å². The van der Waals surface area contributed by atoms with Crippen LogP contribution in [-0.2, 0) is 6.61 Å². The number of ether oxygens (including phenoxy) is 1. The van der Waals surface area contributed by atoms with E-state index >= 15 is 0 Å². The number of halogens is 2. The highest BCUT2D eigenvalue weighted by atomic mass is 79.9. The van der Waals surface area contributed by atoms with Gasteiger partial charge in [-0.25, -0.2) is 14.2 Å². The lowest BCUT2D eigenvalue weighted by Crippen LogP contribution is -2.03. The first-order valence-corrected chi connectivity index (χ1v) is 6.11. The van der Waals surface area contributed by atoms with E-state index in [1.807, 2.05) is 0 Å². The van der Waals surface area contributed by atoms with Crippen LogP contribution >= 0.6 is 15.9 Å². The third-order valence-electron chi connectivity index (χ3n) is 2.34. The smallest absolute Gasteiger partial charge is 0.354 e. The standard InChI is InChI=1S/C13H9BrFNO3/c14-10-6-9(1-2-11(10)15)19-7-8-3-4-16-12(5-8)13(17)18/h1-6H,7H2,(H,17,18). The zero-order valence-corrected chi connectivity index (χ0v) is 11.2. The molecule has 0 aliphatic heterocycles. The molecule has 1 aromatic carbocycles. The number of hydrogen-bond donors (Lipinski definition) is 1. The quantitative estimate of drug-likeness (QED) is 0.937. The second kappa shape index (κ2) is 5.79. The maximum Gasteiger partial charge on any atom is 0.354 e. The minimum Gasteiger partial charge on any atom is -0.489 e. The topological polar surface area (TPSA) is 59.4 Å². The van der Waals surface area contributed by atoms with Crippen molar-refractivity contribution in [2.75, 3.05) is 0 Å². The molecule has 2 rings (SSSR count). The lowest BCUT2D eigenvalue weighted by Gasteiger charge is -2.07. The normalized spacial score (nSPS) is 10.2. The van der Waals surface area contributed by atoms with Gasteiger partial charge in [0.15, 0.2) is 0 Å². The molecule has 0 spiro atoms. The molecule has 1 N–H and O–H groups in total. The number of pyridine rings is 1. The maximum absolute atomic E-state index is 13.0. The fourth-order valence-corrected chi connectivity index (χ4v) is 1.77. The average molecular weight is 326 g/mol. The number of rotatable bonds is 4. The molecule has 0 bridgehead atoms. The number of carbonyl (C=O) groups is 1. The van der Waals surface area contributed by atoms with Crippen LogP contribution in [0.2, 0.25) is 0 Å². The molecule has 1 aromatic heterocycles. The molecule has 98 valence electrons. The van der Waals surface area contributed by atoms with Gasteiger partial charge in [0.05, 0.1) is 4.47 Å². The van der Waals surface area contributed by atoms with E-state index in [9.17, 15) is 9.18 Å². The molecule has 0 aliphatic carbocycles. The molecule has 0 saturated heterocycles. The second-order valence-electron chi connectivity index (χ2n) is 3.72. The van der Waals surface area contributed by atoms with E-state index in [4.69, 9.17) is 9.84 Å². The van der Waals surface area contributed by atoms with Crippen molar-refractivity contribution in [3.05, 3.63) is 58.1 Å². The molecule has 0 aliphatic rings. The summed E-state index contributed by atoms with van der Waals surface area (Å²) in [6.45, 7) is 0.181. The van der Waals surface area contributed by atoms with Gasteiger partial charge < -0.3 is 9.84 Å². The van der Waals surface area contributed by atoms with E-state index < -0.39 is 5.97 Å². The summed E-state index contributed by atoms with van der Waals surface area (Å²) in [5, 5.41) is 8.81. The second-order valence-corrected chi connectivity index (χ2v) is 4.57. The van der Waals surface area contributed by atoms with E-state index in [1.165, 1.54) is 30.5 Å². The van der Waals surface area contributed by atoms with E-state index in [0.29, 0.717) is 15.8 Å². The Kier molecular flexibility index (Phi) is 4.11. The zero-order valence-electron chi connectivity index (χ0n) is 9.64. The van der Waals surface area contributed by atoms with Gasteiger partial charge in [-0.05, 0) is 51.8 Å². The van der Waals surface area contributed by atoms with Crippen molar-refractivity contribution in [1.29, 1.82) is 0 Å². The molecule has 6 heteroatoms. The van der Waals surface area contributed by atoms with Crippen molar-refractivity contribution < 1.29 is 19.0 Å². The van der Waals surface area contributed by atoms with Crippen LogP contribution < -0.4 is 4.74 Å². The number of carboxylic acid groups (broad SMARTS) is 1. The molecule has 4 nitrogen and oxygen atoms in total. The van der Waals surface area contributed by atoms with Gasteiger partial charge in [0.2, 0.25) is 0 Å². The average Bonchev–Trinajstić information content (AvgIpc) is 2.40. The molecular formula is C13H9BrFNO3. The fraction of sp³-hybridized carbons (Fsp3) is 0.0769. The molecule has 2 aromatic rings. The summed E-state index contributed by atoms with van der Waals surface area (Å²) in [6.07, 6.45) is 1.41. The van der Waals surface area contributed by atoms with Crippen molar-refractivity contribution in [2.45, 2.75) is 6.61 Å². The Morgan fingerprint density at radius 2 is 2.16 bits per heavy atom. The summed E-state index contributed by atoms with van der Waals surface area (Å²) in [5.74, 6) is -0.974. The lowest BCUT2D eigenvalue weighted by atomic mass is 10.2. The Bertz CT molecular complexity index is 619. The predicted octanol–water partition coefficient (Wildman–Crippen LogP) is 3.26. The van der Waals surface area contributed by atoms with E-state index in [-0.39, 0.29) is 18.1 Å². The van der Waals surface area contributed by atoms with Gasteiger partial charge in [0.1, 0.15) is 23.9 Å². The molecule has 0 fully saturated rings. The lowest BCUT2D eigenvalue weighted by molar-refractivity contribution is 0.0690. The highest BCUT2D eigenvalue weighted by Crippen LogP contribution is 2.22. The molecule has 1 heterocycles. The number of hydrogen-bond acceptors (Lipinski definition) is 3. The van der Waals surface area contributed by atoms with Crippen molar-refractivity contribution >= 4 is 21.9 Å². The van der Waals surface area contributed by atoms with Gasteiger partial charge in [-0.15, -0.1) is 0 Å². The monoisotopic (exact) mass is 325 g/mol. The van der Waals surface area contributed by atoms with Crippen LogP contribution in [-0.4, -0.2) is 16.1 Å². The summed E-state index contributed by atoms with van der Waals surface area (Å²) in [5.41, 5.74) is 0.634. The van der Waals surface area contributed by atoms with Crippen LogP contribution in [0.5, 0.6) is 5.75 Å². The summed E-state index contributed by atoms with van der Waals surface area (Å²) in [6, 6.07) is 7.38. The third kappa shape index (κ3) is 3.51. The summed E-state index contributed by atoms with van der Waals surface area (Å²) < 4.78 is 18.8. The Hall–Kier alpha value is -1.95. The van der Waals surface area contributed by atoms with Crippen molar-refractivity contribution in [3.8, 4) is 5.75 Å². The largest absolute Gasteiger partial charge is 0.489 e. The Balaban J connectivity index is 2.07. The third-order valence-corrected chi connectivity index (χ3v) is 2.95. The van der Waals surface area contributed by atoms with E-state index in [1.54, 1.807) is 6.07 Å². The van der Waals surface area contributed by atoms with Gasteiger partial charge in [0.25, 0.3) is 0 Å². The van der Waals surface area contributed by atoms with Crippen LogP contribution in [0.4, 0.5) is 4.39 Å². The van der Waals surface area contributed by atoms with Crippen LogP contribution in [0, 0.1) is 5.82 Å². The minimum atomic E-state index is -1.09. The summed E-state index contributed by atoms with van der Waals surface area (Å²) in [7, 11) is 0. The first kappa shape index (κ1) is 13.5. The minimum absolute atomic E-state index is 0.0404. The van der Waals surface area contributed by atoms with Gasteiger partial charge in [0, 0.05) is 6.20 Å². The maximum atomic E-state index is 13.0. The Morgan fingerprint density at radius 3 is 2.84 bits per heavy atom. The zero-order chi connectivity index (χ0) is 13.8. The van der Waals surface area contributed by atoms with Crippen LogP contribution in [0.25, 0.3) is 0 Å². The van der Waals surface area contributed by atoms with Gasteiger partial charge in [-0.3, -0.25) is 0 Å².